The number of fused-ring (bicyclic) bond motifs is 1. The number of amides is 2. The Kier molecular flexibility index (Phi) is 3.50. The van der Waals surface area contributed by atoms with Crippen LogP contribution in [0.5, 0.6) is 0 Å². The van der Waals surface area contributed by atoms with Gasteiger partial charge in [-0.3, -0.25) is 14.5 Å². The Morgan fingerprint density at radius 2 is 1.58 bits per heavy atom. The summed E-state index contributed by atoms with van der Waals surface area (Å²) in [5, 5.41) is 0. The van der Waals surface area contributed by atoms with E-state index in [4.69, 9.17) is 0 Å². The molecule has 3 atom stereocenters. The summed E-state index contributed by atoms with van der Waals surface area (Å²) in [4.78, 5) is 29.5. The minimum atomic E-state index is -0.300. The van der Waals surface area contributed by atoms with Crippen molar-refractivity contribution in [3.63, 3.8) is 0 Å². The third kappa shape index (κ3) is 2.18. The zero-order valence-corrected chi connectivity index (χ0v) is 13.8. The van der Waals surface area contributed by atoms with E-state index in [0.717, 1.165) is 11.1 Å². The molecule has 0 N–H and O–H groups in total. The third-order valence-electron chi connectivity index (χ3n) is 5.21. The number of hydrogen-bond donors (Lipinski definition) is 0. The Morgan fingerprint density at radius 3 is 2.25 bits per heavy atom. The topological polar surface area (TPSA) is 40.6 Å². The molecule has 2 aliphatic heterocycles. The second-order valence-corrected chi connectivity index (χ2v) is 6.77. The molecular formula is C20H20N2O2. The first-order chi connectivity index (χ1) is 11.6. The number of rotatable bonds is 2. The maximum absolute atomic E-state index is 13.1. The van der Waals surface area contributed by atoms with Crippen LogP contribution in [0, 0.1) is 18.8 Å². The molecule has 122 valence electrons. The van der Waals surface area contributed by atoms with Gasteiger partial charge in [0.05, 0.1) is 17.5 Å². The number of hydrogen-bond acceptors (Lipinski definition) is 3. The van der Waals surface area contributed by atoms with Crippen LogP contribution < -0.4 is 4.90 Å². The zero-order valence-electron chi connectivity index (χ0n) is 13.8. The molecule has 0 radical (unpaired) electrons. The van der Waals surface area contributed by atoms with E-state index in [1.54, 1.807) is 0 Å². The van der Waals surface area contributed by atoms with Gasteiger partial charge >= 0.3 is 0 Å². The molecule has 2 aliphatic rings. The van der Waals surface area contributed by atoms with Gasteiger partial charge in [-0.25, -0.2) is 4.90 Å². The Morgan fingerprint density at radius 1 is 0.917 bits per heavy atom. The van der Waals surface area contributed by atoms with Crippen molar-refractivity contribution in [1.82, 2.24) is 4.90 Å². The molecule has 4 nitrogen and oxygen atoms in total. The van der Waals surface area contributed by atoms with Crippen molar-refractivity contribution in [2.24, 2.45) is 11.8 Å². The second-order valence-electron chi connectivity index (χ2n) is 6.77. The molecule has 4 heteroatoms. The van der Waals surface area contributed by atoms with Gasteiger partial charge in [-0.2, -0.15) is 0 Å². The van der Waals surface area contributed by atoms with Gasteiger partial charge in [0.2, 0.25) is 11.8 Å². The van der Waals surface area contributed by atoms with Crippen LogP contribution in [-0.4, -0.2) is 30.3 Å². The second kappa shape index (κ2) is 5.56. The summed E-state index contributed by atoms with van der Waals surface area (Å²) < 4.78 is 0. The Balaban J connectivity index is 1.72. The highest BCUT2D eigenvalue weighted by Gasteiger charge is 2.57. The van der Waals surface area contributed by atoms with Gasteiger partial charge < -0.3 is 0 Å². The van der Waals surface area contributed by atoms with E-state index in [9.17, 15) is 9.59 Å². The van der Waals surface area contributed by atoms with Gasteiger partial charge in [-0.05, 0) is 31.7 Å². The highest BCUT2D eigenvalue weighted by molar-refractivity contribution is 6.22. The van der Waals surface area contributed by atoms with Crippen LogP contribution in [0.4, 0.5) is 5.69 Å². The average Bonchev–Trinajstić information content (AvgIpc) is 3.05. The van der Waals surface area contributed by atoms with Gasteiger partial charge in [0.25, 0.3) is 0 Å². The largest absolute Gasteiger partial charge is 0.298 e. The molecule has 1 unspecified atom stereocenters. The average molecular weight is 320 g/mol. The first-order valence-corrected chi connectivity index (χ1v) is 8.27. The minimum absolute atomic E-state index is 0.0388. The van der Waals surface area contributed by atoms with Gasteiger partial charge in [0, 0.05) is 12.6 Å². The Hall–Kier alpha value is -2.46. The lowest BCUT2D eigenvalue weighted by molar-refractivity contribution is -0.123. The molecular weight excluding hydrogens is 300 g/mol. The smallest absolute Gasteiger partial charge is 0.239 e. The highest BCUT2D eigenvalue weighted by atomic mass is 16.2. The van der Waals surface area contributed by atoms with Crippen LogP contribution in [0.25, 0.3) is 0 Å². The number of aryl methyl sites for hydroxylation is 1. The molecule has 2 saturated heterocycles. The molecule has 0 bridgehead atoms. The van der Waals surface area contributed by atoms with E-state index < -0.39 is 0 Å². The molecule has 0 aliphatic carbocycles. The summed E-state index contributed by atoms with van der Waals surface area (Å²) in [5.74, 6) is -0.702. The van der Waals surface area contributed by atoms with Crippen molar-refractivity contribution in [2.75, 3.05) is 18.5 Å². The summed E-state index contributed by atoms with van der Waals surface area (Å²) >= 11 is 0. The maximum Gasteiger partial charge on any atom is 0.239 e. The van der Waals surface area contributed by atoms with Crippen LogP contribution >= 0.6 is 0 Å². The first-order valence-electron chi connectivity index (χ1n) is 8.27. The van der Waals surface area contributed by atoms with Crippen molar-refractivity contribution in [1.29, 1.82) is 0 Å². The molecule has 2 amide bonds. The van der Waals surface area contributed by atoms with E-state index in [1.807, 2.05) is 68.6 Å². The Labute approximate surface area is 141 Å². The van der Waals surface area contributed by atoms with Crippen LogP contribution in [0.1, 0.15) is 17.2 Å². The molecule has 0 spiro atoms. The Bertz CT molecular complexity index is 785. The van der Waals surface area contributed by atoms with Crippen LogP contribution in [0.2, 0.25) is 0 Å². The van der Waals surface area contributed by atoms with E-state index in [2.05, 4.69) is 4.90 Å². The number of carbonyl (C=O) groups is 2. The molecule has 2 aromatic carbocycles. The van der Waals surface area contributed by atoms with Crippen LogP contribution in [-0.2, 0) is 9.59 Å². The summed E-state index contributed by atoms with van der Waals surface area (Å²) in [7, 11) is 1.99. The number of imide groups is 1. The highest BCUT2D eigenvalue weighted by Crippen LogP contribution is 2.46. The predicted octanol–water partition coefficient (Wildman–Crippen LogP) is 2.79. The molecule has 4 rings (SSSR count). The molecule has 0 aromatic heterocycles. The van der Waals surface area contributed by atoms with Crippen molar-refractivity contribution in [3.8, 4) is 0 Å². The van der Waals surface area contributed by atoms with Crippen molar-refractivity contribution in [2.45, 2.75) is 13.0 Å². The zero-order chi connectivity index (χ0) is 16.8. The van der Waals surface area contributed by atoms with Gasteiger partial charge in [-0.15, -0.1) is 0 Å². The molecule has 24 heavy (non-hydrogen) atoms. The number of likely N-dealkylation sites (tertiary alicyclic amines) is 1. The normalized spacial score (nSPS) is 26.9. The quantitative estimate of drug-likeness (QED) is 0.799. The SMILES string of the molecule is Cc1ccc(N2C(=O)C3CN(C)[C@H](c4ccccc4)[C@H]3C2=O)cc1. The lowest BCUT2D eigenvalue weighted by Gasteiger charge is -2.25. The van der Waals surface area contributed by atoms with Crippen molar-refractivity contribution in [3.05, 3.63) is 65.7 Å². The van der Waals surface area contributed by atoms with E-state index >= 15 is 0 Å². The van der Waals surface area contributed by atoms with E-state index in [0.29, 0.717) is 12.2 Å². The first kappa shape index (κ1) is 15.1. The summed E-state index contributed by atoms with van der Waals surface area (Å²) in [6, 6.07) is 17.5. The van der Waals surface area contributed by atoms with E-state index in [1.165, 1.54) is 4.90 Å². The van der Waals surface area contributed by atoms with Crippen LogP contribution in [0.15, 0.2) is 54.6 Å². The number of anilines is 1. The fourth-order valence-corrected chi connectivity index (χ4v) is 4.05. The number of carbonyl (C=O) groups excluding carboxylic acids is 2. The van der Waals surface area contributed by atoms with Gasteiger partial charge in [0.15, 0.2) is 0 Å². The van der Waals surface area contributed by atoms with E-state index in [-0.39, 0.29) is 29.7 Å². The monoisotopic (exact) mass is 320 g/mol. The van der Waals surface area contributed by atoms with Gasteiger partial charge in [-0.1, -0.05) is 48.0 Å². The molecule has 2 heterocycles. The fourth-order valence-electron chi connectivity index (χ4n) is 4.05. The summed E-state index contributed by atoms with van der Waals surface area (Å²) in [6.07, 6.45) is 0. The lowest BCUT2D eigenvalue weighted by atomic mass is 9.89. The molecule has 0 saturated carbocycles. The summed E-state index contributed by atoms with van der Waals surface area (Å²) in [5.41, 5.74) is 2.89. The lowest BCUT2D eigenvalue weighted by Crippen LogP contribution is -2.36. The minimum Gasteiger partial charge on any atom is -0.298 e. The number of benzene rings is 2. The third-order valence-corrected chi connectivity index (χ3v) is 5.21. The number of nitrogens with zero attached hydrogens (tertiary/aromatic N) is 2. The standard InChI is InChI=1S/C20H20N2O2/c1-13-8-10-15(11-9-13)22-19(23)16-12-21(2)18(17(16)20(22)24)14-6-4-3-5-7-14/h3-11,16-18H,12H2,1-2H3/t16?,17-,18+/m0/s1. The van der Waals surface area contributed by atoms with Crippen molar-refractivity contribution < 1.29 is 9.59 Å². The van der Waals surface area contributed by atoms with Gasteiger partial charge in [0.1, 0.15) is 0 Å². The fraction of sp³-hybridized carbons (Fsp3) is 0.300. The predicted molar refractivity (Wildman–Crippen MR) is 92.5 cm³/mol. The van der Waals surface area contributed by atoms with Crippen LogP contribution in [0.3, 0.4) is 0 Å². The van der Waals surface area contributed by atoms with Crippen molar-refractivity contribution >= 4 is 17.5 Å². The molecule has 2 aromatic rings. The maximum atomic E-state index is 13.1. The summed E-state index contributed by atoms with van der Waals surface area (Å²) in [6.45, 7) is 2.61. The molecule has 2 fully saturated rings.